The number of aromatic nitrogens is 4. The lowest BCUT2D eigenvalue weighted by Gasteiger charge is -2.27. The van der Waals surface area contributed by atoms with Crippen molar-refractivity contribution in [3.8, 4) is 11.6 Å². The Bertz CT molecular complexity index is 975. The maximum absolute atomic E-state index is 11.8. The molecule has 1 aromatic carbocycles. The van der Waals surface area contributed by atoms with E-state index in [4.69, 9.17) is 4.74 Å². The van der Waals surface area contributed by atoms with Crippen molar-refractivity contribution in [2.24, 2.45) is 5.41 Å². The van der Waals surface area contributed by atoms with Gasteiger partial charge in [-0.2, -0.15) is 0 Å². The summed E-state index contributed by atoms with van der Waals surface area (Å²) >= 11 is 3.56. The first-order chi connectivity index (χ1) is 12.2. The minimum atomic E-state index is -0.102. The molecule has 3 rings (SSSR count). The van der Waals surface area contributed by atoms with Crippen molar-refractivity contribution in [2.45, 2.75) is 40.7 Å². The number of fused-ring (bicyclic) bond motifs is 1. The second kappa shape index (κ2) is 6.79. The summed E-state index contributed by atoms with van der Waals surface area (Å²) in [6.45, 7) is 10.1. The molecule has 26 heavy (non-hydrogen) atoms. The van der Waals surface area contributed by atoms with Crippen LogP contribution < -0.4 is 4.74 Å². The molecular formula is C19H21BrN4O2. The summed E-state index contributed by atoms with van der Waals surface area (Å²) in [5.74, 6) is 0.708. The summed E-state index contributed by atoms with van der Waals surface area (Å²) < 4.78 is 8.50. The Kier molecular flexibility index (Phi) is 4.84. The fraction of sp³-hybridized carbons (Fsp3) is 0.368. The lowest BCUT2D eigenvalue weighted by atomic mass is 9.88. The van der Waals surface area contributed by atoms with E-state index < -0.39 is 0 Å². The van der Waals surface area contributed by atoms with Gasteiger partial charge in [0.1, 0.15) is 11.3 Å². The van der Waals surface area contributed by atoms with Gasteiger partial charge >= 0.3 is 0 Å². The third kappa shape index (κ3) is 3.35. The highest BCUT2D eigenvalue weighted by molar-refractivity contribution is 9.10. The summed E-state index contributed by atoms with van der Waals surface area (Å²) in [5, 5.41) is 8.64. The minimum Gasteiger partial charge on any atom is -0.437 e. The number of nitrogens with zero attached hydrogens (tertiary/aromatic N) is 4. The van der Waals surface area contributed by atoms with Gasteiger partial charge in [0.2, 0.25) is 5.88 Å². The average Bonchev–Trinajstić information content (AvgIpc) is 3.00. The SMILES string of the molecule is CC(=O)c1cccnc1Oc1ccc2c(nnn2[C@H](C)C(C)(C)C)c1Br. The fourth-order valence-electron chi connectivity index (χ4n) is 2.53. The molecule has 0 fully saturated rings. The van der Waals surface area contributed by atoms with E-state index in [-0.39, 0.29) is 23.1 Å². The summed E-state index contributed by atoms with van der Waals surface area (Å²) in [6.07, 6.45) is 1.59. The van der Waals surface area contributed by atoms with E-state index in [0.717, 1.165) is 5.52 Å². The maximum atomic E-state index is 11.8. The molecule has 1 atom stereocenters. The van der Waals surface area contributed by atoms with Crippen molar-refractivity contribution in [1.82, 2.24) is 20.0 Å². The topological polar surface area (TPSA) is 69.9 Å². The van der Waals surface area contributed by atoms with Crippen LogP contribution in [-0.4, -0.2) is 25.8 Å². The molecule has 0 spiro atoms. The molecule has 2 heterocycles. The van der Waals surface area contributed by atoms with Gasteiger partial charge in [-0.05, 0) is 59.5 Å². The number of pyridine rings is 1. The highest BCUT2D eigenvalue weighted by Gasteiger charge is 2.25. The number of halogens is 1. The van der Waals surface area contributed by atoms with Gasteiger partial charge in [-0.25, -0.2) is 9.67 Å². The molecule has 0 amide bonds. The third-order valence-corrected chi connectivity index (χ3v) is 5.29. The minimum absolute atomic E-state index is 0.0482. The normalized spacial score (nSPS) is 13.0. The smallest absolute Gasteiger partial charge is 0.230 e. The molecule has 6 nitrogen and oxygen atoms in total. The van der Waals surface area contributed by atoms with E-state index in [1.165, 1.54) is 6.92 Å². The van der Waals surface area contributed by atoms with Crippen molar-refractivity contribution in [2.75, 3.05) is 0 Å². The first-order valence-electron chi connectivity index (χ1n) is 8.37. The molecule has 3 aromatic rings. The average molecular weight is 417 g/mol. The summed E-state index contributed by atoms with van der Waals surface area (Å²) in [6, 6.07) is 7.33. The van der Waals surface area contributed by atoms with Crippen molar-refractivity contribution < 1.29 is 9.53 Å². The standard InChI is InChI=1S/C19H21BrN4O2/c1-11(25)13-7-6-10-21-18(13)26-15-9-8-14-17(16(15)20)22-23-24(14)12(2)19(3,4)5/h6-10,12H,1-5H3/t12-/m1/s1. The number of ketones is 1. The van der Waals surface area contributed by atoms with Crippen LogP contribution in [0.1, 0.15) is 51.0 Å². The third-order valence-electron chi connectivity index (χ3n) is 4.52. The number of hydrogen-bond acceptors (Lipinski definition) is 5. The number of hydrogen-bond donors (Lipinski definition) is 0. The molecule has 0 aliphatic heterocycles. The Morgan fingerprint density at radius 3 is 2.65 bits per heavy atom. The number of Topliss-reactive ketones (excluding diaryl/α,β-unsaturated/α-hetero) is 1. The number of carbonyl (C=O) groups excluding carboxylic acids is 1. The van der Waals surface area contributed by atoms with Gasteiger partial charge < -0.3 is 4.74 Å². The molecule has 7 heteroatoms. The monoisotopic (exact) mass is 416 g/mol. The molecular weight excluding hydrogens is 396 g/mol. The number of benzene rings is 1. The summed E-state index contributed by atoms with van der Waals surface area (Å²) in [5.41, 5.74) is 2.11. The largest absolute Gasteiger partial charge is 0.437 e. The fourth-order valence-corrected chi connectivity index (χ4v) is 3.03. The van der Waals surface area contributed by atoms with E-state index in [0.29, 0.717) is 21.3 Å². The van der Waals surface area contributed by atoms with E-state index in [2.05, 4.69) is 58.9 Å². The van der Waals surface area contributed by atoms with E-state index in [1.54, 1.807) is 18.3 Å². The molecule has 0 unspecified atom stereocenters. The number of ether oxygens (including phenoxy) is 1. The number of carbonyl (C=O) groups is 1. The molecule has 0 bridgehead atoms. The first kappa shape index (κ1) is 18.5. The molecule has 0 saturated heterocycles. The van der Waals surface area contributed by atoms with E-state index >= 15 is 0 Å². The van der Waals surface area contributed by atoms with Gasteiger partial charge in [0.15, 0.2) is 5.78 Å². The van der Waals surface area contributed by atoms with Crippen LogP contribution in [-0.2, 0) is 0 Å². The molecule has 136 valence electrons. The van der Waals surface area contributed by atoms with E-state index in [9.17, 15) is 4.79 Å². The van der Waals surface area contributed by atoms with Crippen LogP contribution in [0.2, 0.25) is 0 Å². The maximum Gasteiger partial charge on any atom is 0.230 e. The predicted octanol–water partition coefficient (Wildman–Crippen LogP) is 5.19. The van der Waals surface area contributed by atoms with Crippen LogP contribution in [0, 0.1) is 5.41 Å². The van der Waals surface area contributed by atoms with E-state index in [1.807, 2.05) is 16.8 Å². The summed E-state index contributed by atoms with van der Waals surface area (Å²) in [4.78, 5) is 15.9. The van der Waals surface area contributed by atoms with Gasteiger partial charge in [-0.3, -0.25) is 4.79 Å². The van der Waals surface area contributed by atoms with Crippen LogP contribution in [0.3, 0.4) is 0 Å². The highest BCUT2D eigenvalue weighted by atomic mass is 79.9. The molecule has 0 aliphatic rings. The molecule has 2 aromatic heterocycles. The van der Waals surface area contributed by atoms with Crippen LogP contribution in [0.25, 0.3) is 11.0 Å². The Hall–Kier alpha value is -2.28. The predicted molar refractivity (Wildman–Crippen MR) is 104 cm³/mol. The Labute approximate surface area is 160 Å². The van der Waals surface area contributed by atoms with Crippen LogP contribution >= 0.6 is 15.9 Å². The van der Waals surface area contributed by atoms with Gasteiger partial charge in [0, 0.05) is 6.20 Å². The van der Waals surface area contributed by atoms with Crippen molar-refractivity contribution >= 4 is 32.7 Å². The summed E-state index contributed by atoms with van der Waals surface area (Å²) in [7, 11) is 0. The van der Waals surface area contributed by atoms with Crippen LogP contribution in [0.4, 0.5) is 0 Å². The van der Waals surface area contributed by atoms with Gasteiger partial charge in [-0.15, -0.1) is 5.10 Å². The highest BCUT2D eigenvalue weighted by Crippen LogP contribution is 2.38. The Morgan fingerprint density at radius 1 is 1.27 bits per heavy atom. The molecule has 0 N–H and O–H groups in total. The lowest BCUT2D eigenvalue weighted by Crippen LogP contribution is -2.22. The zero-order valence-corrected chi connectivity index (χ0v) is 17.0. The van der Waals surface area contributed by atoms with Crippen molar-refractivity contribution in [3.63, 3.8) is 0 Å². The van der Waals surface area contributed by atoms with Gasteiger partial charge in [0.25, 0.3) is 0 Å². The van der Waals surface area contributed by atoms with Crippen LogP contribution in [0.15, 0.2) is 34.9 Å². The molecule has 0 aliphatic carbocycles. The Balaban J connectivity index is 2.03. The quantitative estimate of drug-likeness (QED) is 0.547. The van der Waals surface area contributed by atoms with Gasteiger partial charge in [0.05, 0.1) is 21.6 Å². The van der Waals surface area contributed by atoms with Crippen molar-refractivity contribution in [3.05, 3.63) is 40.5 Å². The second-order valence-electron chi connectivity index (χ2n) is 7.34. The molecule has 0 radical (unpaired) electrons. The van der Waals surface area contributed by atoms with Crippen LogP contribution in [0.5, 0.6) is 11.6 Å². The van der Waals surface area contributed by atoms with Crippen molar-refractivity contribution in [1.29, 1.82) is 0 Å². The molecule has 0 saturated carbocycles. The zero-order chi connectivity index (χ0) is 19.1. The van der Waals surface area contributed by atoms with Gasteiger partial charge in [-0.1, -0.05) is 26.0 Å². The first-order valence-corrected chi connectivity index (χ1v) is 9.16. The second-order valence-corrected chi connectivity index (χ2v) is 8.13. The lowest BCUT2D eigenvalue weighted by molar-refractivity contribution is 0.101. The zero-order valence-electron chi connectivity index (χ0n) is 15.4. The number of rotatable bonds is 4. The Morgan fingerprint density at radius 2 is 2.00 bits per heavy atom.